The Kier molecular flexibility index (Phi) is 6.86. The minimum Gasteiger partial charge on any atom is -0.480 e. The van der Waals surface area contributed by atoms with E-state index in [1.807, 2.05) is 30.3 Å². The van der Waals surface area contributed by atoms with Gasteiger partial charge in [0.05, 0.1) is 4.91 Å². The summed E-state index contributed by atoms with van der Waals surface area (Å²) in [5.41, 5.74) is 1.46. The second kappa shape index (κ2) is 9.97. The molecule has 1 fully saturated rings. The van der Waals surface area contributed by atoms with Gasteiger partial charge in [-0.1, -0.05) is 72.5 Å². The zero-order chi connectivity index (χ0) is 23.4. The number of halogens is 1. The summed E-state index contributed by atoms with van der Waals surface area (Å²) in [6.45, 7) is 0. The van der Waals surface area contributed by atoms with Crippen molar-refractivity contribution in [2.24, 2.45) is 0 Å². The van der Waals surface area contributed by atoms with Crippen LogP contribution in [0.5, 0.6) is 11.5 Å². The van der Waals surface area contributed by atoms with Crippen molar-refractivity contribution in [3.63, 3.8) is 0 Å². The molecule has 33 heavy (non-hydrogen) atoms. The number of thioether (sulfide) groups is 1. The number of ether oxygens (including phenoxy) is 1. The van der Waals surface area contributed by atoms with Gasteiger partial charge in [0.15, 0.2) is 0 Å². The highest BCUT2D eigenvalue weighted by atomic mass is 32.2. The predicted octanol–water partition coefficient (Wildman–Crippen LogP) is 5.52. The molecule has 3 aromatic carbocycles. The minimum absolute atomic E-state index is 0.146. The van der Waals surface area contributed by atoms with Crippen LogP contribution in [0.1, 0.15) is 11.1 Å². The van der Waals surface area contributed by atoms with E-state index < -0.39 is 23.7 Å². The molecule has 1 amide bonds. The molecule has 0 radical (unpaired) electrons. The highest BCUT2D eigenvalue weighted by Gasteiger charge is 2.40. The van der Waals surface area contributed by atoms with Gasteiger partial charge in [-0.2, -0.15) is 0 Å². The lowest BCUT2D eigenvalue weighted by Gasteiger charge is -2.23. The summed E-state index contributed by atoms with van der Waals surface area (Å²) in [5, 5.41) is 9.78. The molecule has 0 aromatic heterocycles. The van der Waals surface area contributed by atoms with Crippen molar-refractivity contribution < 1.29 is 23.8 Å². The van der Waals surface area contributed by atoms with Gasteiger partial charge in [-0.25, -0.2) is 9.18 Å². The minimum atomic E-state index is -1.12. The summed E-state index contributed by atoms with van der Waals surface area (Å²) in [5.74, 6) is -1.16. The first-order valence-electron chi connectivity index (χ1n) is 9.98. The number of hydrogen-bond acceptors (Lipinski definition) is 5. The molecule has 8 heteroatoms. The summed E-state index contributed by atoms with van der Waals surface area (Å²) in [6.07, 6.45) is 1.78. The van der Waals surface area contributed by atoms with E-state index in [1.54, 1.807) is 42.5 Å². The normalized spacial score (nSPS) is 15.7. The smallest absolute Gasteiger partial charge is 0.327 e. The van der Waals surface area contributed by atoms with Crippen LogP contribution >= 0.6 is 24.0 Å². The van der Waals surface area contributed by atoms with Crippen LogP contribution in [-0.2, 0) is 16.0 Å². The molecular formula is C25H18FNO4S2. The molecule has 0 unspecified atom stereocenters. The quantitative estimate of drug-likeness (QED) is 0.356. The zero-order valence-corrected chi connectivity index (χ0v) is 18.8. The third-order valence-corrected chi connectivity index (χ3v) is 6.21. The second-order valence-electron chi connectivity index (χ2n) is 7.23. The Hall–Kier alpha value is -3.49. The molecule has 0 spiro atoms. The van der Waals surface area contributed by atoms with Crippen LogP contribution in [-0.4, -0.2) is 32.2 Å². The van der Waals surface area contributed by atoms with E-state index in [0.29, 0.717) is 22.0 Å². The molecule has 0 saturated carbocycles. The van der Waals surface area contributed by atoms with E-state index in [9.17, 15) is 19.1 Å². The predicted molar refractivity (Wildman–Crippen MR) is 129 cm³/mol. The van der Waals surface area contributed by atoms with Crippen molar-refractivity contribution in [2.75, 3.05) is 0 Å². The fraction of sp³-hybridized carbons (Fsp3) is 0.0800. The standard InChI is InChI=1S/C25H18FNO4S2/c26-18-9-5-11-20(15-18)31-19-10-4-8-17(12-19)14-22-23(28)27(25(32)33-22)21(24(29)30)13-16-6-2-1-3-7-16/h1-12,14-15,21H,13H2,(H,29,30)/b22-14-/t21-/m0/s1. The van der Waals surface area contributed by atoms with Gasteiger partial charge in [0, 0.05) is 12.5 Å². The topological polar surface area (TPSA) is 66.8 Å². The van der Waals surface area contributed by atoms with Crippen LogP contribution < -0.4 is 4.74 Å². The van der Waals surface area contributed by atoms with Gasteiger partial charge in [-0.15, -0.1) is 0 Å². The van der Waals surface area contributed by atoms with Crippen LogP contribution in [0.2, 0.25) is 0 Å². The Morgan fingerprint density at radius 1 is 1.06 bits per heavy atom. The molecule has 0 aliphatic carbocycles. The average Bonchev–Trinajstić information content (AvgIpc) is 3.05. The third-order valence-electron chi connectivity index (χ3n) is 4.88. The van der Waals surface area contributed by atoms with Crippen molar-refractivity contribution in [3.8, 4) is 11.5 Å². The number of carbonyl (C=O) groups excluding carboxylic acids is 1. The van der Waals surface area contributed by atoms with Crippen molar-refractivity contribution in [2.45, 2.75) is 12.5 Å². The van der Waals surface area contributed by atoms with Crippen molar-refractivity contribution in [3.05, 3.63) is 101 Å². The number of benzene rings is 3. The van der Waals surface area contributed by atoms with E-state index in [1.165, 1.54) is 12.1 Å². The van der Waals surface area contributed by atoms with Crippen LogP contribution in [0.15, 0.2) is 83.8 Å². The van der Waals surface area contributed by atoms with Crippen LogP contribution in [0, 0.1) is 5.82 Å². The Labute approximate surface area is 199 Å². The van der Waals surface area contributed by atoms with Gasteiger partial charge in [0.1, 0.15) is 27.7 Å². The number of nitrogens with zero attached hydrogens (tertiary/aromatic N) is 1. The maximum Gasteiger partial charge on any atom is 0.327 e. The Bertz CT molecular complexity index is 1250. The maximum absolute atomic E-state index is 13.4. The number of carboxylic acid groups (broad SMARTS) is 1. The van der Waals surface area contributed by atoms with Crippen LogP contribution in [0.4, 0.5) is 4.39 Å². The van der Waals surface area contributed by atoms with Gasteiger partial charge in [0.2, 0.25) is 0 Å². The Morgan fingerprint density at radius 3 is 2.45 bits per heavy atom. The largest absolute Gasteiger partial charge is 0.480 e. The fourth-order valence-corrected chi connectivity index (χ4v) is 4.72. The van der Waals surface area contributed by atoms with E-state index in [0.717, 1.165) is 22.2 Å². The number of carboxylic acids is 1. The highest BCUT2D eigenvalue weighted by molar-refractivity contribution is 8.26. The molecule has 1 N–H and O–H groups in total. The summed E-state index contributed by atoms with van der Waals surface area (Å²) < 4.78 is 19.3. The number of thiocarbonyl (C=S) groups is 1. The van der Waals surface area contributed by atoms with Crippen LogP contribution in [0.3, 0.4) is 0 Å². The molecule has 1 atom stereocenters. The average molecular weight is 480 g/mol. The van der Waals surface area contributed by atoms with E-state index in [-0.39, 0.29) is 10.7 Å². The first kappa shape index (κ1) is 22.7. The van der Waals surface area contributed by atoms with Gasteiger partial charge < -0.3 is 9.84 Å². The second-order valence-corrected chi connectivity index (χ2v) is 8.90. The SMILES string of the molecule is O=C(O)[C@H](Cc1ccccc1)N1C(=O)/C(=C/c2cccc(Oc3cccc(F)c3)c2)SC1=S. The molecule has 1 saturated heterocycles. The molecule has 1 heterocycles. The molecule has 166 valence electrons. The molecule has 5 nitrogen and oxygen atoms in total. The number of aliphatic carboxylic acids is 1. The summed E-state index contributed by atoms with van der Waals surface area (Å²) in [7, 11) is 0. The molecule has 0 bridgehead atoms. The van der Waals surface area contributed by atoms with Crippen molar-refractivity contribution in [1.29, 1.82) is 0 Å². The molecule has 1 aliphatic rings. The molecule has 4 rings (SSSR count). The fourth-order valence-electron chi connectivity index (χ4n) is 3.36. The molecular weight excluding hydrogens is 461 g/mol. The maximum atomic E-state index is 13.4. The molecule has 1 aliphatic heterocycles. The number of hydrogen-bond donors (Lipinski definition) is 1. The van der Waals surface area contributed by atoms with Gasteiger partial charge >= 0.3 is 5.97 Å². The summed E-state index contributed by atoms with van der Waals surface area (Å²) in [6, 6.07) is 20.7. The first-order chi connectivity index (χ1) is 15.9. The lowest BCUT2D eigenvalue weighted by atomic mass is 10.0. The Balaban J connectivity index is 1.55. The number of rotatable bonds is 7. The first-order valence-corrected chi connectivity index (χ1v) is 11.2. The monoisotopic (exact) mass is 479 g/mol. The van der Waals surface area contributed by atoms with Gasteiger partial charge in [-0.3, -0.25) is 9.69 Å². The van der Waals surface area contributed by atoms with E-state index in [2.05, 4.69) is 0 Å². The molecule has 3 aromatic rings. The summed E-state index contributed by atoms with van der Waals surface area (Å²) >= 11 is 6.41. The lowest BCUT2D eigenvalue weighted by Crippen LogP contribution is -2.45. The van der Waals surface area contributed by atoms with Crippen LogP contribution in [0.25, 0.3) is 6.08 Å². The number of carbonyl (C=O) groups is 2. The number of amides is 1. The van der Waals surface area contributed by atoms with E-state index >= 15 is 0 Å². The summed E-state index contributed by atoms with van der Waals surface area (Å²) in [4.78, 5) is 26.5. The van der Waals surface area contributed by atoms with Gasteiger partial charge in [-0.05, 0) is 41.5 Å². The third kappa shape index (κ3) is 5.47. The lowest BCUT2D eigenvalue weighted by molar-refractivity contribution is -0.145. The van der Waals surface area contributed by atoms with Crippen molar-refractivity contribution in [1.82, 2.24) is 4.90 Å². The van der Waals surface area contributed by atoms with Crippen molar-refractivity contribution >= 4 is 46.3 Å². The van der Waals surface area contributed by atoms with Gasteiger partial charge in [0.25, 0.3) is 5.91 Å². The Morgan fingerprint density at radius 2 is 1.76 bits per heavy atom. The highest BCUT2D eigenvalue weighted by Crippen LogP contribution is 2.35. The zero-order valence-electron chi connectivity index (χ0n) is 17.2. The van der Waals surface area contributed by atoms with E-state index in [4.69, 9.17) is 17.0 Å².